The molecule has 11 nitrogen and oxygen atoms in total. The number of nitrogens with one attached hydrogen (secondary N) is 2. The summed E-state index contributed by atoms with van der Waals surface area (Å²) in [5.41, 5.74) is 0.0965. The van der Waals surface area contributed by atoms with E-state index in [0.717, 1.165) is 28.9 Å². The summed E-state index contributed by atoms with van der Waals surface area (Å²) in [5.74, 6) is -1.75. The monoisotopic (exact) mass is 462 g/mol. The zero-order chi connectivity index (χ0) is 21.8. The predicted molar refractivity (Wildman–Crippen MR) is 105 cm³/mol. The number of aromatic nitrogens is 2. The zero-order valence-electron chi connectivity index (χ0n) is 15.6. The molecule has 0 aliphatic carbocycles. The first-order valence-corrected chi connectivity index (χ1v) is 11.2. The first-order valence-electron chi connectivity index (χ1n) is 8.00. The molecule has 29 heavy (non-hydrogen) atoms. The van der Waals surface area contributed by atoms with Crippen molar-refractivity contribution >= 4 is 55.5 Å². The number of carboxylic acid groups (broad SMARTS) is 1. The minimum Gasteiger partial charge on any atom is -0.476 e. The quantitative estimate of drug-likeness (QED) is 0.530. The minimum absolute atomic E-state index is 0.134. The van der Waals surface area contributed by atoms with Crippen LogP contribution in [0.25, 0.3) is 0 Å². The van der Waals surface area contributed by atoms with Gasteiger partial charge in [-0.2, -0.15) is 0 Å². The molecule has 0 unspecified atom stereocenters. The maximum absolute atomic E-state index is 12.4. The van der Waals surface area contributed by atoms with Crippen LogP contribution in [0.4, 0.5) is 9.80 Å². The lowest BCUT2D eigenvalue weighted by atomic mass is 10.2. The topological polar surface area (TPSA) is 165 Å². The van der Waals surface area contributed by atoms with Gasteiger partial charge in [0, 0.05) is 0 Å². The van der Waals surface area contributed by atoms with Gasteiger partial charge in [-0.05, 0) is 20.8 Å². The molecule has 2 aromatic heterocycles. The van der Waals surface area contributed by atoms with E-state index in [0.29, 0.717) is 0 Å². The van der Waals surface area contributed by atoms with E-state index in [4.69, 9.17) is 9.84 Å². The SMILES string of the molecule is CC(C)(C)OC(=O)NCC(=O)Cc1ncc(S(=O)(=O)Nc2scnc2C(=O)O)s1. The van der Waals surface area contributed by atoms with Crippen LogP contribution in [0.2, 0.25) is 0 Å². The van der Waals surface area contributed by atoms with Gasteiger partial charge in [0.2, 0.25) is 0 Å². The van der Waals surface area contributed by atoms with Crippen molar-refractivity contribution in [2.45, 2.75) is 37.0 Å². The van der Waals surface area contributed by atoms with Crippen LogP contribution < -0.4 is 10.0 Å². The summed E-state index contributed by atoms with van der Waals surface area (Å²) in [5, 5.41) is 11.4. The number of thiazole rings is 2. The molecule has 0 aliphatic rings. The number of Topliss-reactive ketones (excluding diaryl/α,β-unsaturated/α-hetero) is 1. The molecule has 1 amide bonds. The molecule has 14 heteroatoms. The fraction of sp³-hybridized carbons (Fsp3) is 0.400. The molecule has 0 atom stereocenters. The Morgan fingerprint density at radius 3 is 2.55 bits per heavy atom. The third kappa shape index (κ3) is 6.76. The van der Waals surface area contributed by atoms with Gasteiger partial charge in [-0.3, -0.25) is 9.52 Å². The van der Waals surface area contributed by atoms with E-state index in [1.807, 2.05) is 0 Å². The van der Waals surface area contributed by atoms with E-state index in [1.165, 1.54) is 5.51 Å². The van der Waals surface area contributed by atoms with E-state index < -0.39 is 39.2 Å². The number of sulfonamides is 1. The Morgan fingerprint density at radius 1 is 1.24 bits per heavy atom. The lowest BCUT2D eigenvalue weighted by Gasteiger charge is -2.19. The predicted octanol–water partition coefficient (Wildman–Crippen LogP) is 1.73. The van der Waals surface area contributed by atoms with Crippen LogP contribution in [0.3, 0.4) is 0 Å². The maximum atomic E-state index is 12.4. The Labute approximate surface area is 174 Å². The Morgan fingerprint density at radius 2 is 1.93 bits per heavy atom. The van der Waals surface area contributed by atoms with Gasteiger partial charge in [0.15, 0.2) is 15.7 Å². The van der Waals surface area contributed by atoms with Crippen LogP contribution in [0.5, 0.6) is 0 Å². The summed E-state index contributed by atoms with van der Waals surface area (Å²) in [7, 11) is -4.09. The number of rotatable bonds is 8. The van der Waals surface area contributed by atoms with Crippen molar-refractivity contribution in [3.63, 3.8) is 0 Å². The second-order valence-electron chi connectivity index (χ2n) is 6.58. The van der Waals surface area contributed by atoms with Crippen molar-refractivity contribution in [3.05, 3.63) is 22.4 Å². The highest BCUT2D eigenvalue weighted by atomic mass is 32.2. The number of ether oxygens (including phenoxy) is 1. The molecular weight excluding hydrogens is 444 g/mol. The molecule has 0 aliphatic heterocycles. The Bertz CT molecular complexity index is 1020. The molecule has 2 heterocycles. The van der Waals surface area contributed by atoms with E-state index in [-0.39, 0.29) is 27.2 Å². The van der Waals surface area contributed by atoms with Crippen molar-refractivity contribution in [2.75, 3.05) is 11.3 Å². The lowest BCUT2D eigenvalue weighted by molar-refractivity contribution is -0.117. The third-order valence-corrected chi connectivity index (χ3v) is 6.65. The molecule has 3 N–H and O–H groups in total. The number of carboxylic acids is 1. The second kappa shape index (κ2) is 8.84. The number of aromatic carboxylic acids is 1. The molecular formula is C15H18N4O7S3. The summed E-state index contributed by atoms with van der Waals surface area (Å²) in [6.45, 7) is 4.76. The van der Waals surface area contributed by atoms with Gasteiger partial charge in [0.1, 0.15) is 15.6 Å². The Balaban J connectivity index is 1.97. The normalized spacial score (nSPS) is 11.7. The molecule has 0 fully saturated rings. The minimum atomic E-state index is -4.09. The van der Waals surface area contributed by atoms with E-state index >= 15 is 0 Å². The van der Waals surface area contributed by atoms with Crippen LogP contribution in [-0.2, 0) is 26.0 Å². The summed E-state index contributed by atoms with van der Waals surface area (Å²) < 4.78 is 31.8. The fourth-order valence-electron chi connectivity index (χ4n) is 1.86. The van der Waals surface area contributed by atoms with Gasteiger partial charge >= 0.3 is 12.1 Å². The number of alkyl carbamates (subject to hydrolysis) is 1. The van der Waals surface area contributed by atoms with Gasteiger partial charge in [-0.25, -0.2) is 28.0 Å². The number of anilines is 1. The number of carbonyl (C=O) groups is 3. The highest BCUT2D eigenvalue weighted by Crippen LogP contribution is 2.26. The average Bonchev–Trinajstić information content (AvgIpc) is 3.20. The molecule has 0 bridgehead atoms. The van der Waals surface area contributed by atoms with Crippen LogP contribution in [0.1, 0.15) is 36.3 Å². The first-order chi connectivity index (χ1) is 13.4. The van der Waals surface area contributed by atoms with Gasteiger partial charge in [0.05, 0.1) is 24.7 Å². The molecule has 0 aromatic carbocycles. The molecule has 0 saturated heterocycles. The van der Waals surface area contributed by atoms with Crippen molar-refractivity contribution in [1.29, 1.82) is 0 Å². The molecule has 158 valence electrons. The van der Waals surface area contributed by atoms with Gasteiger partial charge in [0.25, 0.3) is 10.0 Å². The van der Waals surface area contributed by atoms with Crippen LogP contribution in [0.15, 0.2) is 15.9 Å². The van der Waals surface area contributed by atoms with E-state index in [2.05, 4.69) is 20.0 Å². The number of hydrogen-bond donors (Lipinski definition) is 3. The van der Waals surface area contributed by atoms with Crippen molar-refractivity contribution < 1.29 is 32.6 Å². The summed E-state index contributed by atoms with van der Waals surface area (Å²) in [6, 6.07) is 0. The average molecular weight is 463 g/mol. The first kappa shape index (κ1) is 22.7. The fourth-order valence-corrected chi connectivity index (χ4v) is 5.06. The smallest absolute Gasteiger partial charge is 0.408 e. The zero-order valence-corrected chi connectivity index (χ0v) is 18.0. The summed E-state index contributed by atoms with van der Waals surface area (Å²) in [6.07, 6.45) is 0.145. The van der Waals surface area contributed by atoms with Crippen molar-refractivity contribution in [3.8, 4) is 0 Å². The molecule has 2 rings (SSSR count). The number of carbonyl (C=O) groups excluding carboxylic acids is 2. The molecule has 0 saturated carbocycles. The Kier molecular flexibility index (Phi) is 6.92. The van der Waals surface area contributed by atoms with Gasteiger partial charge in [-0.15, -0.1) is 22.7 Å². The van der Waals surface area contributed by atoms with Gasteiger partial charge < -0.3 is 15.2 Å². The highest BCUT2D eigenvalue weighted by Gasteiger charge is 2.24. The number of nitrogens with zero attached hydrogens (tertiary/aromatic N) is 2. The van der Waals surface area contributed by atoms with Crippen molar-refractivity contribution in [2.24, 2.45) is 0 Å². The molecule has 0 radical (unpaired) electrons. The van der Waals surface area contributed by atoms with Gasteiger partial charge in [-0.1, -0.05) is 0 Å². The summed E-state index contributed by atoms with van der Waals surface area (Å²) in [4.78, 5) is 42.0. The lowest BCUT2D eigenvalue weighted by Crippen LogP contribution is -2.35. The number of hydrogen-bond acceptors (Lipinski definition) is 10. The maximum Gasteiger partial charge on any atom is 0.408 e. The second-order valence-corrected chi connectivity index (χ2v) is 10.5. The summed E-state index contributed by atoms with van der Waals surface area (Å²) >= 11 is 1.58. The van der Waals surface area contributed by atoms with Crippen LogP contribution in [-0.4, -0.2) is 53.5 Å². The molecule has 0 spiro atoms. The highest BCUT2D eigenvalue weighted by molar-refractivity contribution is 7.94. The third-order valence-electron chi connectivity index (χ3n) is 2.97. The van der Waals surface area contributed by atoms with E-state index in [1.54, 1.807) is 20.8 Å². The standard InChI is InChI=1S/C15H18N4O7S3/c1-15(2,3)26-14(23)17-5-8(20)4-9-16-6-10(28-9)29(24,25)19-12-11(13(21)22)18-7-27-12/h6-7,19H,4-5H2,1-3H3,(H,17,23)(H,21,22). The molecule has 2 aromatic rings. The van der Waals surface area contributed by atoms with Crippen LogP contribution >= 0.6 is 22.7 Å². The number of amides is 1. The largest absolute Gasteiger partial charge is 0.476 e. The van der Waals surface area contributed by atoms with Crippen LogP contribution in [0, 0.1) is 0 Å². The van der Waals surface area contributed by atoms with E-state index in [9.17, 15) is 22.8 Å². The Hall–Kier alpha value is -2.58. The van der Waals surface area contributed by atoms with Crippen molar-refractivity contribution in [1.82, 2.24) is 15.3 Å². The number of ketones is 1.